The van der Waals surface area contributed by atoms with E-state index in [2.05, 4.69) is 43.1 Å². The molecule has 0 heterocycles. The number of rotatable bonds is 5. The summed E-state index contributed by atoms with van der Waals surface area (Å²) in [6.07, 6.45) is 2.80. The second-order valence-electron chi connectivity index (χ2n) is 5.05. The summed E-state index contributed by atoms with van der Waals surface area (Å²) in [5.74, 6) is 0.920. The highest BCUT2D eigenvalue weighted by Gasteiger charge is 2.26. The fraction of sp³-hybridized carbons (Fsp3) is 0.571. The molecule has 2 N–H and O–H groups in total. The summed E-state index contributed by atoms with van der Waals surface area (Å²) in [4.78, 5) is 2.41. The van der Waals surface area contributed by atoms with Gasteiger partial charge in [-0.05, 0) is 38.3 Å². The Balaban J connectivity index is 2.07. The molecule has 1 aromatic rings. The van der Waals surface area contributed by atoms with E-state index in [9.17, 15) is 0 Å². The molecule has 0 bridgehead atoms. The second-order valence-corrected chi connectivity index (χ2v) is 5.05. The van der Waals surface area contributed by atoms with Crippen molar-refractivity contribution >= 4 is 0 Å². The van der Waals surface area contributed by atoms with Crippen molar-refractivity contribution in [2.75, 3.05) is 20.1 Å². The lowest BCUT2D eigenvalue weighted by Crippen LogP contribution is -2.32. The molecule has 0 radical (unpaired) electrons. The summed E-state index contributed by atoms with van der Waals surface area (Å²) in [5, 5.41) is 0. The highest BCUT2D eigenvalue weighted by Crippen LogP contribution is 2.31. The summed E-state index contributed by atoms with van der Waals surface area (Å²) in [7, 11) is 2.19. The molecular weight excluding hydrogens is 196 g/mol. The van der Waals surface area contributed by atoms with Crippen LogP contribution < -0.4 is 5.73 Å². The van der Waals surface area contributed by atoms with Gasteiger partial charge in [0.25, 0.3) is 0 Å². The Morgan fingerprint density at radius 2 is 2.19 bits per heavy atom. The molecule has 2 rings (SSSR count). The van der Waals surface area contributed by atoms with Crippen molar-refractivity contribution in [1.29, 1.82) is 0 Å². The summed E-state index contributed by atoms with van der Waals surface area (Å²) in [5.41, 5.74) is 8.58. The summed E-state index contributed by atoms with van der Waals surface area (Å²) >= 11 is 0. The molecule has 2 nitrogen and oxygen atoms in total. The fourth-order valence-electron chi connectivity index (χ4n) is 2.28. The molecule has 1 unspecified atom stereocenters. The largest absolute Gasteiger partial charge is 0.329 e. The number of likely N-dealkylation sites (N-methyl/N-ethyl adjacent to an activating group) is 1. The average Bonchev–Trinajstić information content (AvgIpc) is 3.03. The molecule has 88 valence electrons. The monoisotopic (exact) mass is 218 g/mol. The van der Waals surface area contributed by atoms with E-state index >= 15 is 0 Å². The number of aryl methyl sites for hydroxylation is 1. The van der Waals surface area contributed by atoms with Crippen molar-refractivity contribution in [3.63, 3.8) is 0 Å². The second kappa shape index (κ2) is 4.98. The van der Waals surface area contributed by atoms with Gasteiger partial charge in [0.2, 0.25) is 0 Å². The third-order valence-corrected chi connectivity index (χ3v) is 3.43. The van der Waals surface area contributed by atoms with E-state index in [1.807, 2.05) is 0 Å². The molecule has 1 aliphatic carbocycles. The molecule has 2 heteroatoms. The summed E-state index contributed by atoms with van der Waals surface area (Å²) in [6, 6.07) is 9.07. The zero-order valence-corrected chi connectivity index (χ0v) is 10.3. The number of hydrogen-bond donors (Lipinski definition) is 1. The van der Waals surface area contributed by atoms with Crippen molar-refractivity contribution in [3.8, 4) is 0 Å². The maximum Gasteiger partial charge on any atom is 0.0467 e. The van der Waals surface area contributed by atoms with Crippen LogP contribution in [-0.4, -0.2) is 25.0 Å². The Morgan fingerprint density at radius 3 is 2.75 bits per heavy atom. The Morgan fingerprint density at radius 1 is 1.44 bits per heavy atom. The van der Waals surface area contributed by atoms with Gasteiger partial charge in [0.15, 0.2) is 0 Å². The van der Waals surface area contributed by atoms with Crippen LogP contribution in [0, 0.1) is 12.8 Å². The van der Waals surface area contributed by atoms with Gasteiger partial charge in [-0.1, -0.05) is 29.8 Å². The van der Waals surface area contributed by atoms with E-state index in [1.54, 1.807) is 0 Å². The van der Waals surface area contributed by atoms with Gasteiger partial charge < -0.3 is 5.73 Å². The first kappa shape index (κ1) is 11.6. The molecule has 16 heavy (non-hydrogen) atoms. The minimum absolute atomic E-state index is 0.375. The first-order chi connectivity index (χ1) is 7.70. The molecule has 0 spiro atoms. The zero-order valence-electron chi connectivity index (χ0n) is 10.3. The van der Waals surface area contributed by atoms with E-state index in [1.165, 1.54) is 30.5 Å². The standard InChI is InChI=1S/C14H22N2/c1-11-4-3-5-13(8-11)14(9-15)16(2)10-12-6-7-12/h3-5,8,12,14H,6-7,9-10,15H2,1-2H3. The van der Waals surface area contributed by atoms with Crippen molar-refractivity contribution in [3.05, 3.63) is 35.4 Å². The van der Waals surface area contributed by atoms with Crippen molar-refractivity contribution < 1.29 is 0 Å². The first-order valence-corrected chi connectivity index (χ1v) is 6.17. The maximum absolute atomic E-state index is 5.91. The lowest BCUT2D eigenvalue weighted by atomic mass is 10.0. The lowest BCUT2D eigenvalue weighted by Gasteiger charge is -2.27. The Hall–Kier alpha value is -0.860. The number of nitrogens with zero attached hydrogens (tertiary/aromatic N) is 1. The van der Waals surface area contributed by atoms with Crippen LogP contribution in [-0.2, 0) is 0 Å². The van der Waals surface area contributed by atoms with Crippen molar-refractivity contribution in [2.24, 2.45) is 11.7 Å². The van der Waals surface area contributed by atoms with Crippen LogP contribution in [0.3, 0.4) is 0 Å². The van der Waals surface area contributed by atoms with Crippen molar-refractivity contribution in [2.45, 2.75) is 25.8 Å². The van der Waals surface area contributed by atoms with Crippen molar-refractivity contribution in [1.82, 2.24) is 4.90 Å². The molecule has 0 aromatic heterocycles. The Labute approximate surface area is 98.4 Å². The summed E-state index contributed by atoms with van der Waals surface area (Å²) < 4.78 is 0. The van der Waals surface area contributed by atoms with Gasteiger partial charge in [0.05, 0.1) is 0 Å². The molecule has 1 aliphatic rings. The summed E-state index contributed by atoms with van der Waals surface area (Å²) in [6.45, 7) is 4.03. The molecule has 1 atom stereocenters. The Bertz CT molecular complexity index is 344. The molecule has 1 saturated carbocycles. The number of nitrogens with two attached hydrogens (primary N) is 1. The van der Waals surface area contributed by atoms with Gasteiger partial charge in [-0.25, -0.2) is 0 Å². The quantitative estimate of drug-likeness (QED) is 0.822. The SMILES string of the molecule is Cc1cccc(C(CN)N(C)CC2CC2)c1. The molecule has 0 aliphatic heterocycles. The van der Waals surface area contributed by atoms with E-state index in [-0.39, 0.29) is 0 Å². The third-order valence-electron chi connectivity index (χ3n) is 3.43. The van der Waals surface area contributed by atoms with Crippen LogP contribution in [0.5, 0.6) is 0 Å². The molecular formula is C14H22N2. The van der Waals surface area contributed by atoms with Crippen LogP contribution >= 0.6 is 0 Å². The predicted octanol–water partition coefficient (Wildman–Crippen LogP) is 2.34. The van der Waals surface area contributed by atoms with E-state index in [4.69, 9.17) is 5.73 Å². The van der Waals surface area contributed by atoms with Crippen LogP contribution in [0.2, 0.25) is 0 Å². The van der Waals surface area contributed by atoms with Gasteiger partial charge >= 0.3 is 0 Å². The third kappa shape index (κ3) is 2.83. The van der Waals surface area contributed by atoms with E-state index < -0.39 is 0 Å². The minimum Gasteiger partial charge on any atom is -0.329 e. The number of hydrogen-bond acceptors (Lipinski definition) is 2. The topological polar surface area (TPSA) is 29.3 Å². The first-order valence-electron chi connectivity index (χ1n) is 6.17. The van der Waals surface area contributed by atoms with Crippen LogP contribution in [0.4, 0.5) is 0 Å². The van der Waals surface area contributed by atoms with Gasteiger partial charge in [-0.3, -0.25) is 4.90 Å². The number of benzene rings is 1. The average molecular weight is 218 g/mol. The lowest BCUT2D eigenvalue weighted by molar-refractivity contribution is 0.240. The van der Waals surface area contributed by atoms with E-state index in [0.717, 1.165) is 5.92 Å². The highest BCUT2D eigenvalue weighted by atomic mass is 15.1. The van der Waals surface area contributed by atoms with Gasteiger partial charge in [-0.2, -0.15) is 0 Å². The molecule has 1 aromatic carbocycles. The molecule has 1 fully saturated rings. The predicted molar refractivity (Wildman–Crippen MR) is 68.3 cm³/mol. The zero-order chi connectivity index (χ0) is 11.5. The van der Waals surface area contributed by atoms with Crippen LogP contribution in [0.15, 0.2) is 24.3 Å². The van der Waals surface area contributed by atoms with Gasteiger partial charge in [-0.15, -0.1) is 0 Å². The minimum atomic E-state index is 0.375. The Kier molecular flexibility index (Phi) is 3.62. The van der Waals surface area contributed by atoms with Crippen LogP contribution in [0.1, 0.15) is 30.0 Å². The van der Waals surface area contributed by atoms with Gasteiger partial charge in [0, 0.05) is 19.1 Å². The smallest absolute Gasteiger partial charge is 0.0467 e. The molecule has 0 saturated heterocycles. The fourth-order valence-corrected chi connectivity index (χ4v) is 2.28. The van der Waals surface area contributed by atoms with Gasteiger partial charge in [0.1, 0.15) is 0 Å². The van der Waals surface area contributed by atoms with E-state index in [0.29, 0.717) is 12.6 Å². The molecule has 0 amide bonds. The normalized spacial score (nSPS) is 17.8. The van der Waals surface area contributed by atoms with Crippen LogP contribution in [0.25, 0.3) is 0 Å². The highest BCUT2D eigenvalue weighted by molar-refractivity contribution is 5.25. The maximum atomic E-state index is 5.91.